The summed E-state index contributed by atoms with van der Waals surface area (Å²) in [5.74, 6) is 0.252. The van der Waals surface area contributed by atoms with E-state index in [1.165, 1.54) is 0 Å². The summed E-state index contributed by atoms with van der Waals surface area (Å²) in [6, 6.07) is 24.5. The number of ether oxygens (including phenoxy) is 1. The van der Waals surface area contributed by atoms with Gasteiger partial charge in [-0.25, -0.2) is 0 Å². The van der Waals surface area contributed by atoms with Crippen molar-refractivity contribution in [3.05, 3.63) is 95.6 Å². The molecule has 200 valence electrons. The quantitative estimate of drug-likeness (QED) is 0.338. The Morgan fingerprint density at radius 2 is 1.68 bits per heavy atom. The third kappa shape index (κ3) is 7.66. The number of aliphatic hydroxyl groups excluding tert-OH is 1. The van der Waals surface area contributed by atoms with Gasteiger partial charge in [-0.05, 0) is 49.9 Å². The average Bonchev–Trinajstić information content (AvgIpc) is 3.34. The van der Waals surface area contributed by atoms with Crippen LogP contribution in [0.2, 0.25) is 0 Å². The minimum Gasteiger partial charge on any atom is -0.491 e. The lowest BCUT2D eigenvalue weighted by Crippen LogP contribution is -2.48. The van der Waals surface area contributed by atoms with Crippen LogP contribution in [0.25, 0.3) is 0 Å². The van der Waals surface area contributed by atoms with Crippen LogP contribution in [0, 0.1) is 0 Å². The number of hydrogen-bond acceptors (Lipinski definition) is 5. The fraction of sp³-hybridized carbons (Fsp3) is 0.355. The Hall–Kier alpha value is -3.68. The lowest BCUT2D eigenvalue weighted by molar-refractivity contribution is -0.117. The zero-order valence-electron chi connectivity index (χ0n) is 22.1. The summed E-state index contributed by atoms with van der Waals surface area (Å²) in [5, 5.41) is 17.5. The van der Waals surface area contributed by atoms with E-state index in [1.807, 2.05) is 80.6 Å². The zero-order chi connectivity index (χ0) is 26.9. The first-order valence-electron chi connectivity index (χ1n) is 13.3. The second-order valence-corrected chi connectivity index (χ2v) is 9.98. The topological polar surface area (TPSA) is 90.9 Å². The maximum Gasteiger partial charge on any atom is 0.251 e. The number of carbonyl (C=O) groups excluding carboxylic acids is 2. The third-order valence-corrected chi connectivity index (χ3v) is 6.52. The van der Waals surface area contributed by atoms with Gasteiger partial charge in [0.1, 0.15) is 5.75 Å². The van der Waals surface area contributed by atoms with Crippen LogP contribution in [0.3, 0.4) is 0 Å². The van der Waals surface area contributed by atoms with Gasteiger partial charge in [-0.2, -0.15) is 0 Å². The largest absolute Gasteiger partial charge is 0.491 e. The number of nitrogens with one attached hydrogen (secondary N) is 2. The first-order valence-corrected chi connectivity index (χ1v) is 13.3. The van der Waals surface area contributed by atoms with Gasteiger partial charge in [0.05, 0.1) is 18.2 Å². The van der Waals surface area contributed by atoms with Crippen molar-refractivity contribution in [1.82, 2.24) is 10.6 Å². The number of carbonyl (C=O) groups is 2. The molecule has 0 saturated carbocycles. The molecule has 0 aliphatic carbocycles. The summed E-state index contributed by atoms with van der Waals surface area (Å²) in [4.78, 5) is 27.6. The molecule has 1 aliphatic heterocycles. The fourth-order valence-electron chi connectivity index (χ4n) is 4.64. The highest BCUT2D eigenvalue weighted by Gasteiger charge is 2.26. The van der Waals surface area contributed by atoms with E-state index in [-0.39, 0.29) is 17.9 Å². The second-order valence-electron chi connectivity index (χ2n) is 9.98. The van der Waals surface area contributed by atoms with Crippen LogP contribution in [0.5, 0.6) is 5.75 Å². The number of hydrogen-bond donors (Lipinski definition) is 3. The molecule has 7 nitrogen and oxygen atoms in total. The lowest BCUT2D eigenvalue weighted by atomic mass is 10.00. The molecule has 4 rings (SSSR count). The minimum atomic E-state index is -0.822. The van der Waals surface area contributed by atoms with Crippen LogP contribution in [-0.2, 0) is 17.8 Å². The van der Waals surface area contributed by atoms with E-state index >= 15 is 0 Å². The van der Waals surface area contributed by atoms with E-state index in [9.17, 15) is 14.7 Å². The van der Waals surface area contributed by atoms with Gasteiger partial charge in [-0.1, -0.05) is 60.7 Å². The molecule has 1 aliphatic rings. The normalized spacial score (nSPS) is 14.9. The summed E-state index contributed by atoms with van der Waals surface area (Å²) in [7, 11) is 0. The molecule has 3 aromatic rings. The molecule has 1 heterocycles. The van der Waals surface area contributed by atoms with Crippen LogP contribution < -0.4 is 20.3 Å². The lowest BCUT2D eigenvalue weighted by Gasteiger charge is -2.25. The number of aliphatic hydroxyl groups is 1. The number of amides is 2. The van der Waals surface area contributed by atoms with Gasteiger partial charge >= 0.3 is 0 Å². The maximum atomic E-state index is 13.5. The number of rotatable bonds is 12. The van der Waals surface area contributed by atoms with Crippen molar-refractivity contribution >= 4 is 17.5 Å². The van der Waals surface area contributed by atoms with Crippen LogP contribution in [0.4, 0.5) is 5.69 Å². The molecule has 0 bridgehead atoms. The molecule has 2 atom stereocenters. The van der Waals surface area contributed by atoms with E-state index in [2.05, 4.69) is 10.6 Å². The van der Waals surface area contributed by atoms with Crippen LogP contribution in [0.1, 0.15) is 48.2 Å². The van der Waals surface area contributed by atoms with Gasteiger partial charge in [0.2, 0.25) is 5.91 Å². The molecular formula is C31H37N3O4. The standard InChI is InChI=1S/C31H37N3O4/c1-22(2)38-27-18-25(17-26(19-27)34-15-9-14-30(34)36)31(37)33-28(16-23-10-5-3-6-11-23)29(35)21-32-20-24-12-7-4-8-13-24/h3-8,10-13,17-19,22,28-29,32,35H,9,14-16,20-21H2,1-2H3,(H,33,37)/t28-,29+/m0/s1. The average molecular weight is 516 g/mol. The van der Waals surface area contributed by atoms with E-state index in [1.54, 1.807) is 17.0 Å². The van der Waals surface area contributed by atoms with E-state index < -0.39 is 12.1 Å². The third-order valence-electron chi connectivity index (χ3n) is 6.52. The highest BCUT2D eigenvalue weighted by Crippen LogP contribution is 2.28. The monoisotopic (exact) mass is 515 g/mol. The van der Waals surface area contributed by atoms with Gasteiger partial charge < -0.3 is 25.4 Å². The smallest absolute Gasteiger partial charge is 0.251 e. The molecule has 0 spiro atoms. The van der Waals surface area contributed by atoms with Crippen molar-refractivity contribution in [3.63, 3.8) is 0 Å². The van der Waals surface area contributed by atoms with Gasteiger partial charge in [-0.15, -0.1) is 0 Å². The van der Waals surface area contributed by atoms with Crippen molar-refractivity contribution in [2.24, 2.45) is 0 Å². The Morgan fingerprint density at radius 1 is 1.00 bits per heavy atom. The minimum absolute atomic E-state index is 0.0416. The molecular weight excluding hydrogens is 478 g/mol. The number of benzene rings is 3. The van der Waals surface area contributed by atoms with E-state index in [4.69, 9.17) is 4.74 Å². The van der Waals surface area contributed by atoms with Crippen molar-refractivity contribution < 1.29 is 19.4 Å². The molecule has 2 amide bonds. The van der Waals surface area contributed by atoms with E-state index in [0.717, 1.165) is 17.5 Å². The molecule has 3 N–H and O–H groups in total. The summed E-state index contributed by atoms with van der Waals surface area (Å²) < 4.78 is 5.91. The van der Waals surface area contributed by atoms with Crippen LogP contribution >= 0.6 is 0 Å². The van der Waals surface area contributed by atoms with Crippen molar-refractivity contribution in [1.29, 1.82) is 0 Å². The Balaban J connectivity index is 1.52. The van der Waals surface area contributed by atoms with Gasteiger partial charge in [-0.3, -0.25) is 9.59 Å². The molecule has 7 heteroatoms. The van der Waals surface area contributed by atoms with Gasteiger partial charge in [0.15, 0.2) is 0 Å². The first kappa shape index (κ1) is 27.4. The molecule has 1 fully saturated rings. The summed E-state index contributed by atoms with van der Waals surface area (Å²) in [5.41, 5.74) is 3.18. The van der Waals surface area contributed by atoms with E-state index in [0.29, 0.717) is 49.5 Å². The predicted molar refractivity (Wildman–Crippen MR) is 149 cm³/mol. The van der Waals surface area contributed by atoms with Crippen LogP contribution in [0.15, 0.2) is 78.9 Å². The SMILES string of the molecule is CC(C)Oc1cc(C(=O)N[C@@H](Cc2ccccc2)[C@H](O)CNCc2ccccc2)cc(N2CCCC2=O)c1. The van der Waals surface area contributed by atoms with Crippen molar-refractivity contribution in [2.45, 2.75) is 57.9 Å². The summed E-state index contributed by atoms with van der Waals surface area (Å²) in [6.45, 7) is 5.39. The molecule has 0 unspecified atom stereocenters. The Morgan fingerprint density at radius 3 is 2.32 bits per heavy atom. The maximum absolute atomic E-state index is 13.5. The Labute approximate surface area is 224 Å². The number of anilines is 1. The Kier molecular flexibility index (Phi) is 9.51. The summed E-state index contributed by atoms with van der Waals surface area (Å²) >= 11 is 0. The first-order chi connectivity index (χ1) is 18.4. The Bertz CT molecular complexity index is 1200. The zero-order valence-corrected chi connectivity index (χ0v) is 22.1. The highest BCUT2D eigenvalue weighted by molar-refractivity contribution is 5.99. The summed E-state index contributed by atoms with van der Waals surface area (Å²) in [6.07, 6.45) is 0.853. The molecule has 1 saturated heterocycles. The van der Waals surface area contributed by atoms with Crippen molar-refractivity contribution in [3.8, 4) is 5.75 Å². The van der Waals surface area contributed by atoms with Gasteiger partial charge in [0.25, 0.3) is 5.91 Å². The molecule has 3 aromatic carbocycles. The number of nitrogens with zero attached hydrogens (tertiary/aromatic N) is 1. The molecule has 0 aromatic heterocycles. The molecule has 38 heavy (non-hydrogen) atoms. The van der Waals surface area contributed by atoms with Gasteiger partial charge in [0, 0.05) is 43.4 Å². The predicted octanol–water partition coefficient (Wildman–Crippen LogP) is 4.09. The highest BCUT2D eigenvalue weighted by atomic mass is 16.5. The van der Waals surface area contributed by atoms with Crippen molar-refractivity contribution in [2.75, 3.05) is 18.0 Å². The second kappa shape index (κ2) is 13.2. The van der Waals surface area contributed by atoms with Crippen LogP contribution in [-0.4, -0.2) is 48.3 Å². The molecule has 0 radical (unpaired) electrons. The fourth-order valence-corrected chi connectivity index (χ4v) is 4.64.